The summed E-state index contributed by atoms with van der Waals surface area (Å²) in [6.07, 6.45) is -8.04. The number of nitrogens with zero attached hydrogens (tertiary/aromatic N) is 1. The highest BCUT2D eigenvalue weighted by molar-refractivity contribution is 7.90. The third-order valence-electron chi connectivity index (χ3n) is 4.45. The molecule has 0 N–H and O–H groups in total. The second kappa shape index (κ2) is 9.64. The summed E-state index contributed by atoms with van der Waals surface area (Å²) >= 11 is 0. The van der Waals surface area contributed by atoms with Crippen molar-refractivity contribution in [2.45, 2.75) is 66.7 Å². The topological polar surface area (TPSA) is 37.4 Å². The summed E-state index contributed by atoms with van der Waals surface area (Å²) in [6, 6.07) is 0. The molecular weight excluding hydrogens is 581 g/mol. The first-order valence-electron chi connectivity index (χ1n) is 8.84. The van der Waals surface area contributed by atoms with E-state index in [-0.39, 0.29) is 6.42 Å². The third kappa shape index (κ3) is 4.61. The number of hydrogen-bond acceptors (Lipinski definition) is 2. The molecule has 0 unspecified atom stereocenters. The average Bonchev–Trinajstić information content (AvgIpc) is 2.68. The van der Waals surface area contributed by atoms with Crippen LogP contribution in [0.5, 0.6) is 0 Å². The van der Waals surface area contributed by atoms with E-state index in [0.29, 0.717) is 6.08 Å². The average molecular weight is 595 g/mol. The Balaban J connectivity index is 7.01. The van der Waals surface area contributed by atoms with Crippen molar-refractivity contribution in [3.8, 4) is 0 Å². The summed E-state index contributed by atoms with van der Waals surface area (Å²) < 4.78 is 249. The standard InChI is InChI=1S/C15H14F17NO2S/c1-3-5-7-33(6-4-2)36(34,35)15(31,32)13(26,27)11(22,23)9(18,19)8(16,17)10(20,21)12(24,25)14(28,29)30/h4H,2-3,5-7H2,1H3. The van der Waals surface area contributed by atoms with E-state index < -0.39 is 80.8 Å². The van der Waals surface area contributed by atoms with Crippen molar-refractivity contribution in [2.24, 2.45) is 0 Å². The first-order chi connectivity index (χ1) is 15.5. The van der Waals surface area contributed by atoms with Gasteiger partial charge >= 0.3 is 47.0 Å². The van der Waals surface area contributed by atoms with Crippen molar-refractivity contribution >= 4 is 10.0 Å². The van der Waals surface area contributed by atoms with Gasteiger partial charge in [-0.1, -0.05) is 19.4 Å². The lowest BCUT2D eigenvalue weighted by Gasteiger charge is -2.43. The van der Waals surface area contributed by atoms with Crippen LogP contribution in [0.4, 0.5) is 74.6 Å². The Kier molecular flexibility index (Phi) is 9.23. The number of sulfonamides is 1. The maximum Gasteiger partial charge on any atom is 0.460 e. The van der Waals surface area contributed by atoms with Gasteiger partial charge in [0.1, 0.15) is 0 Å². The highest BCUT2D eigenvalue weighted by Crippen LogP contribution is 2.64. The fourth-order valence-corrected chi connectivity index (χ4v) is 3.71. The molecule has 0 saturated carbocycles. The molecule has 0 aliphatic carbocycles. The fourth-order valence-electron chi connectivity index (χ4n) is 2.26. The second-order valence-corrected chi connectivity index (χ2v) is 8.95. The zero-order valence-electron chi connectivity index (χ0n) is 17.2. The molecule has 0 bridgehead atoms. The van der Waals surface area contributed by atoms with Crippen LogP contribution in [0.2, 0.25) is 0 Å². The predicted molar refractivity (Wildman–Crippen MR) is 86.3 cm³/mol. The Morgan fingerprint density at radius 2 is 0.972 bits per heavy atom. The van der Waals surface area contributed by atoms with Gasteiger partial charge in [0, 0.05) is 13.1 Å². The summed E-state index contributed by atoms with van der Waals surface area (Å²) in [5, 5.41) is -7.54. The van der Waals surface area contributed by atoms with E-state index in [4.69, 9.17) is 0 Å². The Morgan fingerprint density at radius 1 is 0.639 bits per heavy atom. The first kappa shape index (κ1) is 34.5. The monoisotopic (exact) mass is 595 g/mol. The van der Waals surface area contributed by atoms with Crippen molar-refractivity contribution < 1.29 is 83.1 Å². The minimum Gasteiger partial charge on any atom is -0.206 e. The van der Waals surface area contributed by atoms with E-state index in [0.717, 1.165) is 0 Å². The van der Waals surface area contributed by atoms with Gasteiger partial charge in [0.15, 0.2) is 0 Å². The molecule has 3 nitrogen and oxygen atoms in total. The van der Waals surface area contributed by atoms with Crippen molar-refractivity contribution in [2.75, 3.05) is 13.1 Å². The highest BCUT2D eigenvalue weighted by atomic mass is 32.2. The minimum absolute atomic E-state index is 0.0892. The summed E-state index contributed by atoms with van der Waals surface area (Å²) in [4.78, 5) is 0. The number of alkyl halides is 17. The van der Waals surface area contributed by atoms with Crippen LogP contribution in [0, 0.1) is 0 Å². The van der Waals surface area contributed by atoms with Crippen molar-refractivity contribution in [1.82, 2.24) is 4.31 Å². The molecule has 0 aromatic rings. The van der Waals surface area contributed by atoms with E-state index in [1.165, 1.54) is 6.92 Å². The van der Waals surface area contributed by atoms with Crippen LogP contribution >= 0.6 is 0 Å². The number of rotatable bonds is 13. The van der Waals surface area contributed by atoms with E-state index in [9.17, 15) is 83.1 Å². The van der Waals surface area contributed by atoms with Gasteiger partial charge < -0.3 is 0 Å². The maximum absolute atomic E-state index is 14.1. The Bertz CT molecular complexity index is 894. The molecule has 0 amide bonds. The van der Waals surface area contributed by atoms with Gasteiger partial charge in [0.05, 0.1) is 0 Å². The fraction of sp³-hybridized carbons (Fsp3) is 0.867. The molecule has 0 aromatic carbocycles. The molecule has 216 valence electrons. The van der Waals surface area contributed by atoms with Crippen LogP contribution in [-0.4, -0.2) is 72.8 Å². The molecule has 0 heterocycles. The zero-order valence-corrected chi connectivity index (χ0v) is 18.0. The Labute approximate surface area is 190 Å². The van der Waals surface area contributed by atoms with E-state index in [2.05, 4.69) is 6.58 Å². The molecule has 0 atom stereocenters. The normalized spacial score (nSPS) is 16.0. The van der Waals surface area contributed by atoms with Crippen LogP contribution in [0.15, 0.2) is 12.7 Å². The molecule has 0 aliphatic rings. The number of hydrogen-bond donors (Lipinski definition) is 0. The second-order valence-electron chi connectivity index (χ2n) is 6.97. The van der Waals surface area contributed by atoms with Crippen molar-refractivity contribution in [3.05, 3.63) is 12.7 Å². The smallest absolute Gasteiger partial charge is 0.206 e. The molecule has 0 aromatic heterocycles. The van der Waals surface area contributed by atoms with Crippen LogP contribution in [0.3, 0.4) is 0 Å². The van der Waals surface area contributed by atoms with Crippen LogP contribution in [0.1, 0.15) is 19.8 Å². The molecule has 0 spiro atoms. The van der Waals surface area contributed by atoms with Gasteiger partial charge in [-0.25, -0.2) is 8.42 Å². The molecule has 36 heavy (non-hydrogen) atoms. The van der Waals surface area contributed by atoms with Gasteiger partial charge in [0.25, 0.3) is 10.0 Å². The lowest BCUT2D eigenvalue weighted by molar-refractivity contribution is -0.458. The molecular formula is C15H14F17NO2S. The van der Waals surface area contributed by atoms with E-state index in [1.54, 1.807) is 0 Å². The molecule has 0 fully saturated rings. The zero-order chi connectivity index (χ0) is 29.6. The number of halogens is 17. The third-order valence-corrected chi connectivity index (χ3v) is 6.37. The summed E-state index contributed by atoms with van der Waals surface area (Å²) in [5.41, 5.74) is 0. The van der Waals surface area contributed by atoms with Crippen LogP contribution in [0.25, 0.3) is 0 Å². The van der Waals surface area contributed by atoms with Gasteiger partial charge in [0.2, 0.25) is 0 Å². The van der Waals surface area contributed by atoms with Crippen molar-refractivity contribution in [3.63, 3.8) is 0 Å². The Morgan fingerprint density at radius 3 is 1.28 bits per heavy atom. The Hall–Kier alpha value is -1.54. The van der Waals surface area contributed by atoms with E-state index >= 15 is 0 Å². The van der Waals surface area contributed by atoms with Crippen LogP contribution in [-0.2, 0) is 10.0 Å². The van der Waals surface area contributed by atoms with Crippen LogP contribution < -0.4 is 0 Å². The molecule has 0 saturated heterocycles. The minimum atomic E-state index is -8.84. The lowest BCUT2D eigenvalue weighted by atomic mass is 9.91. The number of unbranched alkanes of at least 4 members (excludes halogenated alkanes) is 1. The molecule has 0 radical (unpaired) electrons. The van der Waals surface area contributed by atoms with Gasteiger partial charge in [-0.05, 0) is 6.42 Å². The maximum atomic E-state index is 14.1. The molecule has 0 rings (SSSR count). The first-order valence-corrected chi connectivity index (χ1v) is 10.3. The predicted octanol–water partition coefficient (Wildman–Crippen LogP) is 6.57. The van der Waals surface area contributed by atoms with Gasteiger partial charge in [-0.15, -0.1) is 6.58 Å². The van der Waals surface area contributed by atoms with Gasteiger partial charge in [-0.2, -0.15) is 78.9 Å². The largest absolute Gasteiger partial charge is 0.460 e. The van der Waals surface area contributed by atoms with E-state index in [1.807, 2.05) is 0 Å². The highest BCUT2D eigenvalue weighted by Gasteiger charge is 2.96. The molecule has 21 heteroatoms. The summed E-state index contributed by atoms with van der Waals surface area (Å²) in [6.45, 7) is 1.46. The SMILES string of the molecule is C=CCN(CCCC)S(=O)(=O)C(F)(F)C(F)(F)C(F)(F)C(F)(F)C(F)(F)C(F)(F)C(F)(F)C(F)(F)F. The summed E-state index contributed by atoms with van der Waals surface area (Å²) in [5.74, 6) is -51.6. The van der Waals surface area contributed by atoms with Crippen molar-refractivity contribution in [1.29, 1.82) is 0 Å². The lowest BCUT2D eigenvalue weighted by Crippen LogP contribution is -2.75. The van der Waals surface area contributed by atoms with Gasteiger partial charge in [-0.3, -0.25) is 0 Å². The quantitative estimate of drug-likeness (QED) is 0.179. The summed E-state index contributed by atoms with van der Waals surface area (Å²) in [7, 11) is -7.26. The molecule has 0 aliphatic heterocycles.